The molecule has 0 aliphatic heterocycles. The molecule has 0 rings (SSSR count). The molecule has 0 aliphatic carbocycles. The van der Waals surface area contributed by atoms with Crippen molar-refractivity contribution in [3.05, 3.63) is 12.7 Å². The Bertz CT molecular complexity index is 121. The van der Waals surface area contributed by atoms with E-state index in [-0.39, 0.29) is 11.8 Å². The van der Waals surface area contributed by atoms with Crippen molar-refractivity contribution < 1.29 is 0 Å². The van der Waals surface area contributed by atoms with Gasteiger partial charge in [0.25, 0.3) is 0 Å². The molecular weight excluding hydrogens is 124 g/mol. The van der Waals surface area contributed by atoms with Gasteiger partial charge in [0.15, 0.2) is 0 Å². The van der Waals surface area contributed by atoms with Crippen LogP contribution in [-0.4, -0.2) is 12.4 Å². The fourth-order valence-corrected chi connectivity index (χ4v) is 0.868. The molecule has 0 aromatic carbocycles. The predicted molar refractivity (Wildman–Crippen MR) is 45.0 cm³/mol. The third-order valence-corrected chi connectivity index (χ3v) is 1.64. The first-order chi connectivity index (χ1) is 4.79. The minimum atomic E-state index is 0.0440. The van der Waals surface area contributed by atoms with Crippen LogP contribution in [0.15, 0.2) is 12.7 Å². The molecule has 0 aromatic heterocycles. The summed E-state index contributed by atoms with van der Waals surface area (Å²) in [7, 11) is 0. The van der Waals surface area contributed by atoms with Crippen molar-refractivity contribution in [2.45, 2.75) is 13.3 Å². The van der Waals surface area contributed by atoms with E-state index in [0.717, 1.165) is 6.42 Å². The summed E-state index contributed by atoms with van der Waals surface area (Å²) >= 11 is 0. The molecule has 2 nitrogen and oxygen atoms in total. The Morgan fingerprint density at radius 3 is 2.10 bits per heavy atom. The summed E-state index contributed by atoms with van der Waals surface area (Å²) in [6.07, 6.45) is 5.34. The number of nitrogens with one attached hydrogen (secondary N) is 2. The van der Waals surface area contributed by atoms with Crippen molar-refractivity contribution in [1.82, 2.24) is 0 Å². The summed E-state index contributed by atoms with van der Waals surface area (Å²) < 4.78 is 0. The van der Waals surface area contributed by atoms with Crippen molar-refractivity contribution in [1.29, 1.82) is 10.8 Å². The lowest BCUT2D eigenvalue weighted by molar-refractivity contribution is 0.614. The van der Waals surface area contributed by atoms with Gasteiger partial charge < -0.3 is 10.8 Å². The van der Waals surface area contributed by atoms with Gasteiger partial charge in [0.1, 0.15) is 0 Å². The molecule has 0 aromatic rings. The quantitative estimate of drug-likeness (QED) is 0.432. The van der Waals surface area contributed by atoms with E-state index in [1.807, 2.05) is 6.92 Å². The van der Waals surface area contributed by atoms with Gasteiger partial charge in [-0.15, -0.1) is 6.58 Å². The summed E-state index contributed by atoms with van der Waals surface area (Å²) in [4.78, 5) is 0. The van der Waals surface area contributed by atoms with Crippen LogP contribution in [0.3, 0.4) is 0 Å². The van der Waals surface area contributed by atoms with E-state index in [1.54, 1.807) is 6.08 Å². The first-order valence-electron chi connectivity index (χ1n) is 3.43. The fourth-order valence-electron chi connectivity index (χ4n) is 0.868. The van der Waals surface area contributed by atoms with E-state index in [2.05, 4.69) is 6.58 Å². The van der Waals surface area contributed by atoms with Crippen LogP contribution < -0.4 is 0 Å². The van der Waals surface area contributed by atoms with Gasteiger partial charge >= 0.3 is 0 Å². The van der Waals surface area contributed by atoms with Gasteiger partial charge in [-0.3, -0.25) is 0 Å². The highest BCUT2D eigenvalue weighted by Gasteiger charge is 2.10. The van der Waals surface area contributed by atoms with Gasteiger partial charge in [-0.05, 0) is 12.6 Å². The molecule has 2 heteroatoms. The minimum Gasteiger partial charge on any atom is -0.313 e. The second kappa shape index (κ2) is 4.91. The van der Waals surface area contributed by atoms with Crippen LogP contribution in [0.25, 0.3) is 0 Å². The summed E-state index contributed by atoms with van der Waals surface area (Å²) in [5, 5.41) is 14.0. The van der Waals surface area contributed by atoms with Crippen LogP contribution in [0, 0.1) is 22.7 Å². The van der Waals surface area contributed by atoms with Gasteiger partial charge in [0.05, 0.1) is 0 Å². The maximum Gasteiger partial charge on any atom is 0.0190 e. The fraction of sp³-hybridized carbons (Fsp3) is 0.500. The predicted octanol–water partition coefficient (Wildman–Crippen LogP) is 2.11. The summed E-state index contributed by atoms with van der Waals surface area (Å²) in [6.45, 7) is 5.60. The van der Waals surface area contributed by atoms with Crippen LogP contribution in [0.4, 0.5) is 0 Å². The summed E-state index contributed by atoms with van der Waals surface area (Å²) in [5.74, 6) is 0.206. The van der Waals surface area contributed by atoms with E-state index < -0.39 is 0 Å². The monoisotopic (exact) mass is 138 g/mol. The highest BCUT2D eigenvalue weighted by Crippen LogP contribution is 2.11. The Morgan fingerprint density at radius 1 is 1.40 bits per heavy atom. The number of hydrogen-bond acceptors (Lipinski definition) is 2. The normalized spacial score (nSPS) is 15.3. The van der Waals surface area contributed by atoms with Gasteiger partial charge in [-0.1, -0.05) is 13.0 Å². The molecular formula is C8H14N2. The second-order valence-electron chi connectivity index (χ2n) is 2.22. The molecule has 10 heavy (non-hydrogen) atoms. The molecule has 2 N–H and O–H groups in total. The first kappa shape index (κ1) is 9.08. The Hall–Kier alpha value is -0.920. The molecule has 0 heterocycles. The second-order valence-corrected chi connectivity index (χ2v) is 2.22. The summed E-state index contributed by atoms with van der Waals surface area (Å²) in [6, 6.07) is 0. The molecule has 2 unspecified atom stereocenters. The van der Waals surface area contributed by atoms with E-state index in [4.69, 9.17) is 10.8 Å². The van der Waals surface area contributed by atoms with Crippen LogP contribution in [0.5, 0.6) is 0 Å². The highest BCUT2D eigenvalue weighted by molar-refractivity contribution is 5.69. The Labute approximate surface area is 62.0 Å². The zero-order chi connectivity index (χ0) is 7.98. The Morgan fingerprint density at radius 2 is 2.00 bits per heavy atom. The molecule has 0 radical (unpaired) electrons. The summed E-state index contributed by atoms with van der Waals surface area (Å²) in [5.41, 5.74) is 0. The molecule has 0 fully saturated rings. The lowest BCUT2D eigenvalue weighted by atomic mass is 9.92. The molecule has 0 bridgehead atoms. The van der Waals surface area contributed by atoms with E-state index in [0.29, 0.717) is 0 Å². The standard InChI is InChI=1S/C8H14N2/c1-3-7(5-9)8(4-2)6-10/h3,5-10H,1,4H2,2H3. The van der Waals surface area contributed by atoms with Gasteiger partial charge in [-0.25, -0.2) is 0 Å². The third-order valence-electron chi connectivity index (χ3n) is 1.64. The molecule has 56 valence electrons. The molecule has 0 amide bonds. The Balaban J connectivity index is 4.06. The molecule has 0 saturated heterocycles. The zero-order valence-corrected chi connectivity index (χ0v) is 6.30. The van der Waals surface area contributed by atoms with Crippen molar-refractivity contribution in [3.63, 3.8) is 0 Å². The lowest BCUT2D eigenvalue weighted by Crippen LogP contribution is -2.13. The number of allylic oxidation sites excluding steroid dienone is 1. The largest absolute Gasteiger partial charge is 0.313 e. The maximum absolute atomic E-state index is 7.02. The maximum atomic E-state index is 7.02. The molecule has 2 atom stereocenters. The smallest absolute Gasteiger partial charge is 0.0190 e. The van der Waals surface area contributed by atoms with Crippen molar-refractivity contribution >= 4 is 12.4 Å². The average Bonchev–Trinajstić information content (AvgIpc) is 2.00. The van der Waals surface area contributed by atoms with Crippen LogP contribution in [0.1, 0.15) is 13.3 Å². The first-order valence-corrected chi connectivity index (χ1v) is 3.43. The van der Waals surface area contributed by atoms with Crippen LogP contribution >= 0.6 is 0 Å². The number of hydrogen-bond donors (Lipinski definition) is 2. The van der Waals surface area contributed by atoms with Crippen molar-refractivity contribution in [3.8, 4) is 0 Å². The SMILES string of the molecule is C=CC(C=N)C(C=N)CC. The van der Waals surface area contributed by atoms with E-state index >= 15 is 0 Å². The van der Waals surface area contributed by atoms with Gasteiger partial charge in [0.2, 0.25) is 0 Å². The molecule has 0 spiro atoms. The third kappa shape index (κ3) is 2.13. The zero-order valence-electron chi connectivity index (χ0n) is 6.30. The Kier molecular flexibility index (Phi) is 4.46. The van der Waals surface area contributed by atoms with Gasteiger partial charge in [-0.2, -0.15) is 0 Å². The highest BCUT2D eigenvalue weighted by atomic mass is 14.4. The van der Waals surface area contributed by atoms with Crippen LogP contribution in [-0.2, 0) is 0 Å². The molecule has 0 saturated carbocycles. The van der Waals surface area contributed by atoms with Crippen LogP contribution in [0.2, 0.25) is 0 Å². The van der Waals surface area contributed by atoms with Crippen molar-refractivity contribution in [2.75, 3.05) is 0 Å². The number of rotatable bonds is 5. The topological polar surface area (TPSA) is 47.7 Å². The van der Waals surface area contributed by atoms with Gasteiger partial charge in [0, 0.05) is 18.1 Å². The van der Waals surface area contributed by atoms with E-state index in [9.17, 15) is 0 Å². The average molecular weight is 138 g/mol. The molecule has 0 aliphatic rings. The van der Waals surface area contributed by atoms with E-state index in [1.165, 1.54) is 12.4 Å². The van der Waals surface area contributed by atoms with Crippen molar-refractivity contribution in [2.24, 2.45) is 11.8 Å². The minimum absolute atomic E-state index is 0.0440. The lowest BCUT2D eigenvalue weighted by Gasteiger charge is -2.12.